The molecule has 4 heteroatoms. The van der Waals surface area contributed by atoms with E-state index in [-0.39, 0.29) is 18.6 Å². The van der Waals surface area contributed by atoms with E-state index in [2.05, 4.69) is 5.32 Å². The smallest absolute Gasteiger partial charge is 0.236 e. The van der Waals surface area contributed by atoms with Gasteiger partial charge in [0, 0.05) is 12.6 Å². The number of hydrogen-bond donors (Lipinski definition) is 2. The second-order valence-corrected chi connectivity index (χ2v) is 4.93. The number of nitrogens with zero attached hydrogens (tertiary/aromatic N) is 1. The zero-order valence-electron chi connectivity index (χ0n) is 9.82. The molecule has 0 aromatic heterocycles. The van der Waals surface area contributed by atoms with Gasteiger partial charge < -0.3 is 15.3 Å². The van der Waals surface area contributed by atoms with E-state index >= 15 is 0 Å². The Kier molecular flexibility index (Phi) is 4.18. The highest BCUT2D eigenvalue weighted by Crippen LogP contribution is 2.19. The number of aliphatic hydroxyl groups is 1. The van der Waals surface area contributed by atoms with E-state index in [0.717, 1.165) is 19.4 Å². The van der Waals surface area contributed by atoms with Crippen LogP contribution in [0.1, 0.15) is 38.5 Å². The third-order valence-electron chi connectivity index (χ3n) is 3.81. The maximum absolute atomic E-state index is 11.9. The van der Waals surface area contributed by atoms with E-state index in [0.29, 0.717) is 12.6 Å². The first-order chi connectivity index (χ1) is 7.81. The minimum atomic E-state index is 0.0675. The molecule has 1 saturated carbocycles. The zero-order chi connectivity index (χ0) is 11.4. The topological polar surface area (TPSA) is 52.6 Å². The van der Waals surface area contributed by atoms with Gasteiger partial charge in [0.25, 0.3) is 0 Å². The van der Waals surface area contributed by atoms with Crippen molar-refractivity contribution in [3.8, 4) is 0 Å². The van der Waals surface area contributed by atoms with Crippen LogP contribution in [0.15, 0.2) is 0 Å². The summed E-state index contributed by atoms with van der Waals surface area (Å²) in [5, 5.41) is 12.5. The normalized spacial score (nSPS) is 26.6. The Balaban J connectivity index is 1.74. The summed E-state index contributed by atoms with van der Waals surface area (Å²) in [5.74, 6) is 0.156. The average molecular weight is 226 g/mol. The SMILES string of the molecule is O=C(CNC1CCCC1)N1CCC[C@H]1CO. The lowest BCUT2D eigenvalue weighted by Gasteiger charge is -2.24. The molecule has 1 atom stereocenters. The number of likely N-dealkylation sites (tertiary alicyclic amines) is 1. The monoisotopic (exact) mass is 226 g/mol. The molecule has 1 aliphatic heterocycles. The van der Waals surface area contributed by atoms with Crippen LogP contribution in [0.2, 0.25) is 0 Å². The summed E-state index contributed by atoms with van der Waals surface area (Å²) in [7, 11) is 0. The van der Waals surface area contributed by atoms with Gasteiger partial charge in [0.05, 0.1) is 19.2 Å². The van der Waals surface area contributed by atoms with E-state index < -0.39 is 0 Å². The largest absolute Gasteiger partial charge is 0.394 e. The van der Waals surface area contributed by atoms with Crippen molar-refractivity contribution < 1.29 is 9.90 Å². The molecule has 0 spiro atoms. The second kappa shape index (κ2) is 5.64. The van der Waals surface area contributed by atoms with Crippen molar-refractivity contribution in [1.29, 1.82) is 0 Å². The van der Waals surface area contributed by atoms with Crippen LogP contribution in [-0.4, -0.2) is 47.7 Å². The summed E-state index contributed by atoms with van der Waals surface area (Å²) in [4.78, 5) is 13.8. The molecule has 1 aliphatic carbocycles. The van der Waals surface area contributed by atoms with Crippen LogP contribution in [0.4, 0.5) is 0 Å². The summed E-state index contributed by atoms with van der Waals surface area (Å²) >= 11 is 0. The van der Waals surface area contributed by atoms with Gasteiger partial charge in [-0.15, -0.1) is 0 Å². The highest BCUT2D eigenvalue weighted by Gasteiger charge is 2.28. The molecule has 0 bridgehead atoms. The third kappa shape index (κ3) is 2.74. The zero-order valence-corrected chi connectivity index (χ0v) is 9.82. The summed E-state index contributed by atoms with van der Waals surface area (Å²) in [6, 6.07) is 0.608. The van der Waals surface area contributed by atoms with Crippen LogP contribution >= 0.6 is 0 Å². The van der Waals surface area contributed by atoms with Crippen LogP contribution in [0, 0.1) is 0 Å². The maximum Gasteiger partial charge on any atom is 0.236 e. The summed E-state index contributed by atoms with van der Waals surface area (Å²) < 4.78 is 0. The van der Waals surface area contributed by atoms with E-state index in [1.54, 1.807) is 0 Å². The number of nitrogens with one attached hydrogen (secondary N) is 1. The lowest BCUT2D eigenvalue weighted by molar-refractivity contribution is -0.131. The maximum atomic E-state index is 11.9. The molecule has 0 unspecified atom stereocenters. The molecule has 2 fully saturated rings. The minimum Gasteiger partial charge on any atom is -0.394 e. The molecule has 0 radical (unpaired) electrons. The summed E-state index contributed by atoms with van der Waals surface area (Å²) in [6.07, 6.45) is 6.96. The van der Waals surface area contributed by atoms with Crippen molar-refractivity contribution in [2.45, 2.75) is 50.6 Å². The molecule has 16 heavy (non-hydrogen) atoms. The first kappa shape index (κ1) is 11.9. The Morgan fingerprint density at radius 1 is 1.25 bits per heavy atom. The van der Waals surface area contributed by atoms with Crippen molar-refractivity contribution in [3.63, 3.8) is 0 Å². The Labute approximate surface area is 97.0 Å². The molecule has 92 valence electrons. The Morgan fingerprint density at radius 3 is 2.69 bits per heavy atom. The van der Waals surface area contributed by atoms with Crippen LogP contribution in [0.3, 0.4) is 0 Å². The lowest BCUT2D eigenvalue weighted by atomic mass is 10.2. The fourth-order valence-electron chi connectivity index (χ4n) is 2.82. The molecule has 2 N–H and O–H groups in total. The average Bonchev–Trinajstić information content (AvgIpc) is 2.96. The van der Waals surface area contributed by atoms with Crippen molar-refractivity contribution in [3.05, 3.63) is 0 Å². The van der Waals surface area contributed by atoms with E-state index in [9.17, 15) is 4.79 Å². The second-order valence-electron chi connectivity index (χ2n) is 4.93. The predicted molar refractivity (Wildman–Crippen MR) is 62.1 cm³/mol. The van der Waals surface area contributed by atoms with Gasteiger partial charge in [-0.1, -0.05) is 12.8 Å². The lowest BCUT2D eigenvalue weighted by Crippen LogP contribution is -2.44. The van der Waals surface area contributed by atoms with Gasteiger partial charge in [-0.2, -0.15) is 0 Å². The number of rotatable bonds is 4. The standard InChI is InChI=1S/C12H22N2O2/c15-9-11-6-3-7-14(11)12(16)8-13-10-4-1-2-5-10/h10-11,13,15H,1-9H2/t11-/m0/s1. The molecule has 0 aromatic rings. The fourth-order valence-corrected chi connectivity index (χ4v) is 2.82. The van der Waals surface area contributed by atoms with E-state index in [1.165, 1.54) is 25.7 Å². The van der Waals surface area contributed by atoms with Crippen LogP contribution in [-0.2, 0) is 4.79 Å². The van der Waals surface area contributed by atoms with Gasteiger partial charge in [-0.25, -0.2) is 0 Å². The Hall–Kier alpha value is -0.610. The molecule has 1 amide bonds. The summed E-state index contributed by atoms with van der Waals surface area (Å²) in [6.45, 7) is 1.37. The third-order valence-corrected chi connectivity index (χ3v) is 3.81. The van der Waals surface area contributed by atoms with Gasteiger partial charge >= 0.3 is 0 Å². The molecule has 1 saturated heterocycles. The predicted octanol–water partition coefficient (Wildman–Crippen LogP) is 0.502. The van der Waals surface area contributed by atoms with Gasteiger partial charge in [-0.3, -0.25) is 4.79 Å². The summed E-state index contributed by atoms with van der Waals surface area (Å²) in [5.41, 5.74) is 0. The Bertz CT molecular complexity index is 239. The van der Waals surface area contributed by atoms with Crippen molar-refractivity contribution in [2.24, 2.45) is 0 Å². The van der Waals surface area contributed by atoms with Gasteiger partial charge in [-0.05, 0) is 25.7 Å². The molecule has 2 aliphatic rings. The molecule has 4 nitrogen and oxygen atoms in total. The number of carbonyl (C=O) groups excluding carboxylic acids is 1. The van der Waals surface area contributed by atoms with E-state index in [4.69, 9.17) is 5.11 Å². The highest BCUT2D eigenvalue weighted by molar-refractivity contribution is 5.78. The van der Waals surface area contributed by atoms with Crippen LogP contribution < -0.4 is 5.32 Å². The van der Waals surface area contributed by atoms with Gasteiger partial charge in [0.15, 0.2) is 0 Å². The fraction of sp³-hybridized carbons (Fsp3) is 0.917. The molecule has 0 aromatic carbocycles. The quantitative estimate of drug-likeness (QED) is 0.734. The van der Waals surface area contributed by atoms with Gasteiger partial charge in [0.1, 0.15) is 0 Å². The number of amides is 1. The first-order valence-electron chi connectivity index (χ1n) is 6.45. The minimum absolute atomic E-state index is 0.0675. The van der Waals surface area contributed by atoms with Crippen molar-refractivity contribution in [2.75, 3.05) is 19.7 Å². The highest BCUT2D eigenvalue weighted by atomic mass is 16.3. The molecular weight excluding hydrogens is 204 g/mol. The molecule has 2 rings (SSSR count). The first-order valence-corrected chi connectivity index (χ1v) is 6.45. The van der Waals surface area contributed by atoms with Crippen molar-refractivity contribution >= 4 is 5.91 Å². The van der Waals surface area contributed by atoms with Crippen LogP contribution in [0.5, 0.6) is 0 Å². The molecular formula is C12H22N2O2. The Morgan fingerprint density at radius 2 is 2.00 bits per heavy atom. The number of hydrogen-bond acceptors (Lipinski definition) is 3. The molecule has 1 heterocycles. The van der Waals surface area contributed by atoms with Crippen molar-refractivity contribution in [1.82, 2.24) is 10.2 Å². The van der Waals surface area contributed by atoms with Crippen LogP contribution in [0.25, 0.3) is 0 Å². The van der Waals surface area contributed by atoms with E-state index in [1.807, 2.05) is 4.90 Å². The van der Waals surface area contributed by atoms with Gasteiger partial charge in [0.2, 0.25) is 5.91 Å². The number of carbonyl (C=O) groups is 1. The number of aliphatic hydroxyl groups excluding tert-OH is 1.